The van der Waals surface area contributed by atoms with E-state index in [4.69, 9.17) is 0 Å². The van der Waals surface area contributed by atoms with Crippen LogP contribution in [0.5, 0.6) is 0 Å². The molecule has 60 valence electrons. The molecule has 0 amide bonds. The quantitative estimate of drug-likeness (QED) is 0.600. The van der Waals surface area contributed by atoms with Gasteiger partial charge in [-0.3, -0.25) is 0 Å². The van der Waals surface area contributed by atoms with Crippen molar-refractivity contribution in [3.05, 3.63) is 0 Å². The maximum absolute atomic E-state index is 4.57. The van der Waals surface area contributed by atoms with E-state index < -0.39 is 0 Å². The molecule has 0 aliphatic carbocycles. The second-order valence-electron chi connectivity index (χ2n) is 2.99. The molecule has 0 rings (SSSR count). The van der Waals surface area contributed by atoms with E-state index in [0.29, 0.717) is 12.5 Å². The Balaban J connectivity index is 3.15. The number of rotatable bonds is 4. The Morgan fingerprint density at radius 2 is 1.89 bits per heavy atom. The van der Waals surface area contributed by atoms with Crippen LogP contribution in [0.15, 0.2) is 0 Å². The van der Waals surface area contributed by atoms with E-state index >= 15 is 0 Å². The van der Waals surface area contributed by atoms with E-state index in [1.54, 1.807) is 0 Å². The Kier molecular flexibility index (Phi) is 5.56. The Labute approximate surface area is 66.3 Å². The first-order valence-electron chi connectivity index (χ1n) is 3.37. The monoisotopic (exact) mass is 178 g/mol. The Morgan fingerprint density at radius 1 is 1.33 bits per heavy atom. The van der Waals surface area contributed by atoms with Crippen LogP contribution in [0.25, 0.3) is 0 Å². The summed E-state index contributed by atoms with van der Waals surface area (Å²) in [4.78, 5) is 0. The fourth-order valence-corrected chi connectivity index (χ4v) is 1.23. The van der Waals surface area contributed by atoms with Gasteiger partial charge in [-0.05, 0) is 0 Å². The van der Waals surface area contributed by atoms with Crippen LogP contribution in [0.4, 0.5) is 0 Å². The average Bonchev–Trinajstić information content (AvgIpc) is 1.63. The van der Waals surface area contributed by atoms with Crippen LogP contribution in [0.3, 0.4) is 0 Å². The molecule has 0 spiro atoms. The molecule has 0 aromatic heterocycles. The summed E-state index contributed by atoms with van der Waals surface area (Å²) in [7, 11) is 0. The second-order valence-corrected chi connectivity index (χ2v) is 3.26. The molecular formula is C7H15CuO. The zero-order valence-electron chi connectivity index (χ0n) is 6.28. The third-order valence-corrected chi connectivity index (χ3v) is 1.37. The van der Waals surface area contributed by atoms with Crippen molar-refractivity contribution in [1.82, 2.24) is 0 Å². The first-order valence-corrected chi connectivity index (χ1v) is 3.75. The summed E-state index contributed by atoms with van der Waals surface area (Å²) in [5.41, 5.74) is 0. The van der Waals surface area contributed by atoms with E-state index in [0.717, 1.165) is 5.92 Å². The summed E-state index contributed by atoms with van der Waals surface area (Å²) in [6.07, 6.45) is 1.20. The molecule has 0 aromatic rings. The van der Waals surface area contributed by atoms with E-state index in [-0.39, 0.29) is 0 Å². The first-order chi connectivity index (χ1) is 4.16. The molecule has 9 heavy (non-hydrogen) atoms. The molecule has 0 fully saturated rings. The van der Waals surface area contributed by atoms with Gasteiger partial charge >= 0.3 is 65.8 Å². The molecule has 1 unspecified atom stereocenters. The summed E-state index contributed by atoms with van der Waals surface area (Å²) in [6, 6.07) is 0. The third-order valence-electron chi connectivity index (χ3n) is 1.21. The van der Waals surface area contributed by atoms with Crippen molar-refractivity contribution >= 4 is 0 Å². The predicted molar refractivity (Wildman–Crippen MR) is 34.6 cm³/mol. The van der Waals surface area contributed by atoms with Gasteiger partial charge in [0.15, 0.2) is 0 Å². The SMILES string of the molecule is CC(C)CC(C)C[O][Cu]. The van der Waals surface area contributed by atoms with Gasteiger partial charge in [-0.2, -0.15) is 0 Å². The van der Waals surface area contributed by atoms with Gasteiger partial charge in [-0.1, -0.05) is 0 Å². The fourth-order valence-electron chi connectivity index (χ4n) is 0.959. The molecule has 0 N–H and O–H groups in total. The first kappa shape index (κ1) is 9.48. The van der Waals surface area contributed by atoms with E-state index in [2.05, 4.69) is 40.9 Å². The molecule has 0 aromatic carbocycles. The average molecular weight is 179 g/mol. The summed E-state index contributed by atoms with van der Waals surface area (Å²) in [5, 5.41) is 0. The van der Waals surface area contributed by atoms with Crippen molar-refractivity contribution in [1.29, 1.82) is 0 Å². The zero-order chi connectivity index (χ0) is 7.28. The molecule has 0 saturated carbocycles. The Morgan fingerprint density at radius 3 is 2.22 bits per heavy atom. The van der Waals surface area contributed by atoms with Crippen LogP contribution in [-0.4, -0.2) is 6.61 Å². The molecule has 0 saturated heterocycles. The van der Waals surface area contributed by atoms with Crippen molar-refractivity contribution in [3.63, 3.8) is 0 Å². The fraction of sp³-hybridized carbons (Fsp3) is 1.00. The molecule has 0 bridgehead atoms. The second kappa shape index (κ2) is 5.28. The van der Waals surface area contributed by atoms with Gasteiger partial charge in [0.1, 0.15) is 0 Å². The van der Waals surface area contributed by atoms with Gasteiger partial charge in [0.05, 0.1) is 0 Å². The van der Waals surface area contributed by atoms with Crippen LogP contribution >= 0.6 is 0 Å². The minimum absolute atomic E-state index is 0.608. The normalized spacial score (nSPS) is 14.4. The molecule has 0 aliphatic heterocycles. The molecule has 0 radical (unpaired) electrons. The number of hydrogen-bond donors (Lipinski definition) is 0. The van der Waals surface area contributed by atoms with Crippen molar-refractivity contribution in [2.45, 2.75) is 27.2 Å². The van der Waals surface area contributed by atoms with E-state index in [1.165, 1.54) is 6.42 Å². The maximum atomic E-state index is 4.57. The molecule has 1 atom stereocenters. The van der Waals surface area contributed by atoms with Crippen molar-refractivity contribution in [2.24, 2.45) is 11.8 Å². The standard InChI is InChI=1S/C7H15O.Cu/c1-6(2)4-7(3)5-8;/h6-7H,4-5H2,1-3H3;/q-1;+1. The summed E-state index contributed by atoms with van der Waals surface area (Å²) in [6.45, 7) is 7.28. The van der Waals surface area contributed by atoms with E-state index in [1.807, 2.05) is 0 Å². The van der Waals surface area contributed by atoms with Crippen LogP contribution in [-0.2, 0) is 20.2 Å². The van der Waals surface area contributed by atoms with Crippen LogP contribution in [0, 0.1) is 11.8 Å². The van der Waals surface area contributed by atoms with Crippen LogP contribution in [0.2, 0.25) is 0 Å². The summed E-state index contributed by atoms with van der Waals surface area (Å²) >= 11 is 4.51. The van der Waals surface area contributed by atoms with Crippen molar-refractivity contribution in [3.8, 4) is 0 Å². The Hall–Kier alpha value is 0.479. The molecule has 2 heteroatoms. The van der Waals surface area contributed by atoms with Gasteiger partial charge in [-0.15, -0.1) is 0 Å². The third kappa shape index (κ3) is 6.36. The summed E-state index contributed by atoms with van der Waals surface area (Å²) in [5.74, 6) is 1.36. The number of hydrogen-bond acceptors (Lipinski definition) is 1. The van der Waals surface area contributed by atoms with Gasteiger partial charge < -0.3 is 0 Å². The van der Waals surface area contributed by atoms with Gasteiger partial charge in [0, 0.05) is 0 Å². The van der Waals surface area contributed by atoms with Crippen molar-refractivity contribution < 1.29 is 20.2 Å². The molecular weight excluding hydrogens is 164 g/mol. The zero-order valence-corrected chi connectivity index (χ0v) is 7.22. The van der Waals surface area contributed by atoms with Gasteiger partial charge in [0.25, 0.3) is 0 Å². The van der Waals surface area contributed by atoms with E-state index in [9.17, 15) is 0 Å². The predicted octanol–water partition coefficient (Wildman–Crippen LogP) is 2.15. The van der Waals surface area contributed by atoms with Gasteiger partial charge in [0.2, 0.25) is 0 Å². The van der Waals surface area contributed by atoms with Gasteiger partial charge in [-0.25, -0.2) is 0 Å². The van der Waals surface area contributed by atoms with Crippen LogP contribution < -0.4 is 0 Å². The molecule has 0 heterocycles. The molecule has 1 nitrogen and oxygen atoms in total. The minimum atomic E-state index is 0.608. The Bertz CT molecular complexity index is 63.9. The summed E-state index contributed by atoms with van der Waals surface area (Å²) < 4.78 is 4.57. The van der Waals surface area contributed by atoms with Crippen molar-refractivity contribution in [2.75, 3.05) is 6.61 Å². The molecule has 0 aliphatic rings. The topological polar surface area (TPSA) is 9.23 Å². The van der Waals surface area contributed by atoms with Crippen LogP contribution in [0.1, 0.15) is 27.2 Å².